The van der Waals surface area contributed by atoms with Crippen molar-refractivity contribution in [1.29, 1.82) is 0 Å². The van der Waals surface area contributed by atoms with Gasteiger partial charge in [-0.1, -0.05) is 19.9 Å². The number of pyridine rings is 1. The first-order valence-electron chi connectivity index (χ1n) is 12.6. The first kappa shape index (κ1) is 26.3. The molecule has 8 nitrogen and oxygen atoms in total. The van der Waals surface area contributed by atoms with Crippen LogP contribution in [-0.4, -0.2) is 70.9 Å². The number of nitrogens with zero attached hydrogens (tertiary/aromatic N) is 3. The number of hydrogen-bond acceptors (Lipinski definition) is 6. The Hall–Kier alpha value is -2.81. The molecule has 0 amide bonds. The van der Waals surface area contributed by atoms with Crippen LogP contribution in [0.5, 0.6) is 17.4 Å². The normalized spacial score (nSPS) is 16.3. The molecular formula is C28H40N3O5+. The average Bonchev–Trinajstić information content (AvgIpc) is 3.28. The highest BCUT2D eigenvalue weighted by atomic mass is 16.5. The van der Waals surface area contributed by atoms with Crippen LogP contribution >= 0.6 is 0 Å². The first-order valence-corrected chi connectivity index (χ1v) is 12.6. The van der Waals surface area contributed by atoms with Crippen LogP contribution in [0.2, 0.25) is 0 Å². The summed E-state index contributed by atoms with van der Waals surface area (Å²) in [6.45, 7) is 7.56. The van der Waals surface area contributed by atoms with Crippen LogP contribution in [-0.2, 0) is 16.1 Å². The van der Waals surface area contributed by atoms with Gasteiger partial charge < -0.3 is 23.7 Å². The van der Waals surface area contributed by atoms with Gasteiger partial charge in [0, 0.05) is 25.9 Å². The SMILES string of the molecule is COCc1cc(OC)c(-c2cccc3c([N+](C)(CC(C)C)C4CCOCC4)c(OC)nn23)c(OC)c1. The summed E-state index contributed by atoms with van der Waals surface area (Å²) in [4.78, 5) is 0. The van der Waals surface area contributed by atoms with Gasteiger partial charge in [-0.2, -0.15) is 0 Å². The zero-order chi connectivity index (χ0) is 25.9. The molecule has 1 saturated heterocycles. The van der Waals surface area contributed by atoms with Crippen LogP contribution in [0.15, 0.2) is 30.3 Å². The molecule has 0 spiro atoms. The summed E-state index contributed by atoms with van der Waals surface area (Å²) in [6.07, 6.45) is 2.01. The van der Waals surface area contributed by atoms with Gasteiger partial charge in [0.15, 0.2) is 0 Å². The standard InChI is InChI=1S/C28H40N3O5/c1-19(2)17-31(3,21-11-13-36-14-12-21)27-23-10-8-9-22(30(23)29-28(27)35-7)26-24(33-5)15-20(18-32-4)16-25(26)34-6/h8-10,15-16,19,21H,11-14,17-18H2,1-7H3/q+1. The molecule has 0 aliphatic carbocycles. The Morgan fingerprint density at radius 1 is 1.03 bits per heavy atom. The fourth-order valence-corrected chi connectivity index (χ4v) is 5.75. The van der Waals surface area contributed by atoms with E-state index < -0.39 is 0 Å². The third kappa shape index (κ3) is 4.77. The minimum Gasteiger partial charge on any atom is -0.496 e. The highest BCUT2D eigenvalue weighted by molar-refractivity contribution is 5.83. The minimum atomic E-state index is 0.420. The first-order chi connectivity index (χ1) is 17.4. The topological polar surface area (TPSA) is 63.5 Å². The maximum atomic E-state index is 5.95. The lowest BCUT2D eigenvalue weighted by Crippen LogP contribution is -2.57. The zero-order valence-electron chi connectivity index (χ0n) is 22.7. The van der Waals surface area contributed by atoms with Gasteiger partial charge in [-0.15, -0.1) is 5.10 Å². The predicted octanol–water partition coefficient (Wildman–Crippen LogP) is 4.95. The molecule has 1 aromatic carbocycles. The van der Waals surface area contributed by atoms with E-state index >= 15 is 0 Å². The Bertz CT molecular complexity index is 1160. The molecule has 1 aliphatic heterocycles. The van der Waals surface area contributed by atoms with E-state index in [9.17, 15) is 0 Å². The van der Waals surface area contributed by atoms with Crippen LogP contribution in [0.3, 0.4) is 0 Å². The minimum absolute atomic E-state index is 0.420. The van der Waals surface area contributed by atoms with Gasteiger partial charge in [0.25, 0.3) is 5.88 Å². The number of aromatic nitrogens is 2. The van der Waals surface area contributed by atoms with Gasteiger partial charge in [0.05, 0.1) is 72.0 Å². The van der Waals surface area contributed by atoms with Crippen molar-refractivity contribution in [2.75, 3.05) is 55.2 Å². The summed E-state index contributed by atoms with van der Waals surface area (Å²) in [7, 11) is 9.05. The van der Waals surface area contributed by atoms with Gasteiger partial charge in [-0.25, -0.2) is 4.52 Å². The number of rotatable bonds is 10. The van der Waals surface area contributed by atoms with Crippen molar-refractivity contribution in [1.82, 2.24) is 14.1 Å². The number of methoxy groups -OCH3 is 4. The van der Waals surface area contributed by atoms with Gasteiger partial charge in [-0.05, 0) is 29.8 Å². The molecule has 1 atom stereocenters. The Balaban J connectivity index is 1.97. The second-order valence-corrected chi connectivity index (χ2v) is 10.1. The lowest BCUT2D eigenvalue weighted by molar-refractivity contribution is 0.0413. The average molecular weight is 499 g/mol. The quantitative estimate of drug-likeness (QED) is 0.369. The fraction of sp³-hybridized carbons (Fsp3) is 0.536. The molecule has 36 heavy (non-hydrogen) atoms. The summed E-state index contributed by atoms with van der Waals surface area (Å²) < 4.78 is 31.4. The fourth-order valence-electron chi connectivity index (χ4n) is 5.75. The molecule has 1 fully saturated rings. The van der Waals surface area contributed by atoms with Crippen molar-refractivity contribution in [3.05, 3.63) is 35.9 Å². The van der Waals surface area contributed by atoms with Crippen LogP contribution in [0.1, 0.15) is 32.3 Å². The second-order valence-electron chi connectivity index (χ2n) is 10.1. The number of benzene rings is 1. The van der Waals surface area contributed by atoms with E-state index in [4.69, 9.17) is 28.8 Å². The molecule has 0 bridgehead atoms. The lowest BCUT2D eigenvalue weighted by Gasteiger charge is -2.43. The summed E-state index contributed by atoms with van der Waals surface area (Å²) in [5.74, 6) is 2.54. The Morgan fingerprint density at radius 3 is 2.25 bits per heavy atom. The van der Waals surface area contributed by atoms with E-state index in [1.807, 2.05) is 22.7 Å². The van der Waals surface area contributed by atoms with Crippen molar-refractivity contribution in [3.63, 3.8) is 0 Å². The number of ether oxygens (including phenoxy) is 5. The zero-order valence-corrected chi connectivity index (χ0v) is 22.7. The van der Waals surface area contributed by atoms with E-state index in [0.29, 0.717) is 35.9 Å². The Kier molecular flexibility index (Phi) is 8.07. The largest absolute Gasteiger partial charge is 0.496 e. The highest BCUT2D eigenvalue weighted by Crippen LogP contribution is 2.45. The third-order valence-corrected chi connectivity index (χ3v) is 7.18. The van der Waals surface area contributed by atoms with E-state index in [-0.39, 0.29) is 0 Å². The molecule has 0 saturated carbocycles. The predicted molar refractivity (Wildman–Crippen MR) is 142 cm³/mol. The van der Waals surface area contributed by atoms with Crippen molar-refractivity contribution in [2.45, 2.75) is 39.3 Å². The summed E-state index contributed by atoms with van der Waals surface area (Å²) in [5.41, 5.74) is 4.81. The van der Waals surface area contributed by atoms with Crippen molar-refractivity contribution < 1.29 is 23.7 Å². The molecule has 2 aromatic heterocycles. The van der Waals surface area contributed by atoms with Crippen LogP contribution < -0.4 is 18.7 Å². The van der Waals surface area contributed by atoms with Crippen LogP contribution in [0.25, 0.3) is 16.8 Å². The molecule has 196 valence electrons. The van der Waals surface area contributed by atoms with E-state index in [2.05, 4.69) is 33.0 Å². The maximum Gasteiger partial charge on any atom is 0.296 e. The van der Waals surface area contributed by atoms with Gasteiger partial charge in [0.2, 0.25) is 5.69 Å². The Labute approximate surface area is 214 Å². The summed E-state index contributed by atoms with van der Waals surface area (Å²) in [6, 6.07) is 10.6. The summed E-state index contributed by atoms with van der Waals surface area (Å²) in [5, 5.41) is 5.00. The van der Waals surface area contributed by atoms with Gasteiger partial charge in [0.1, 0.15) is 17.0 Å². The molecular weight excluding hydrogens is 458 g/mol. The van der Waals surface area contributed by atoms with E-state index in [1.165, 1.54) is 0 Å². The van der Waals surface area contributed by atoms with E-state index in [1.54, 1.807) is 28.4 Å². The summed E-state index contributed by atoms with van der Waals surface area (Å²) >= 11 is 0. The van der Waals surface area contributed by atoms with Crippen LogP contribution in [0, 0.1) is 5.92 Å². The van der Waals surface area contributed by atoms with Gasteiger partial charge in [-0.3, -0.25) is 4.48 Å². The number of fused-ring (bicyclic) bond motifs is 1. The van der Waals surface area contributed by atoms with Crippen molar-refractivity contribution >= 4 is 11.2 Å². The number of hydrogen-bond donors (Lipinski definition) is 0. The maximum absolute atomic E-state index is 5.95. The van der Waals surface area contributed by atoms with Crippen molar-refractivity contribution in [2.24, 2.45) is 5.92 Å². The van der Waals surface area contributed by atoms with Crippen molar-refractivity contribution in [3.8, 4) is 28.6 Å². The molecule has 8 heteroatoms. The number of quaternary nitrogens is 1. The monoisotopic (exact) mass is 498 g/mol. The lowest BCUT2D eigenvalue weighted by atomic mass is 10.00. The molecule has 1 aliphatic rings. The molecule has 0 N–H and O–H groups in total. The second kappa shape index (κ2) is 11.1. The molecule has 3 heterocycles. The Morgan fingerprint density at radius 2 is 1.69 bits per heavy atom. The molecule has 0 radical (unpaired) electrons. The molecule has 1 unspecified atom stereocenters. The third-order valence-electron chi connectivity index (χ3n) is 7.18. The molecule has 4 rings (SSSR count). The van der Waals surface area contributed by atoms with Crippen LogP contribution in [0.4, 0.5) is 5.69 Å². The van der Waals surface area contributed by atoms with Gasteiger partial charge >= 0.3 is 0 Å². The molecule has 3 aromatic rings. The van der Waals surface area contributed by atoms with E-state index in [0.717, 1.165) is 65.1 Å². The smallest absolute Gasteiger partial charge is 0.296 e. The highest BCUT2D eigenvalue weighted by Gasteiger charge is 2.42.